The second-order valence-corrected chi connectivity index (χ2v) is 5.52. The molecule has 2 aromatic rings. The summed E-state index contributed by atoms with van der Waals surface area (Å²) < 4.78 is 11.3. The quantitative estimate of drug-likeness (QED) is 0.909. The summed E-state index contributed by atoms with van der Waals surface area (Å²) in [6.07, 6.45) is 5.38. The zero-order valence-corrected chi connectivity index (χ0v) is 12.7. The van der Waals surface area contributed by atoms with Crippen molar-refractivity contribution >= 4 is 16.7 Å². The highest BCUT2D eigenvalue weighted by molar-refractivity contribution is 5.83. The SMILES string of the molecule is CNc1nc2cc(OC)ccc2cc1COC1CCCC1. The van der Waals surface area contributed by atoms with Crippen molar-refractivity contribution in [2.24, 2.45) is 0 Å². The van der Waals surface area contributed by atoms with Crippen molar-refractivity contribution < 1.29 is 9.47 Å². The highest BCUT2D eigenvalue weighted by Crippen LogP contribution is 2.27. The van der Waals surface area contributed by atoms with Crippen LogP contribution in [0.1, 0.15) is 31.2 Å². The molecule has 1 aliphatic rings. The van der Waals surface area contributed by atoms with E-state index in [1.54, 1.807) is 7.11 Å². The predicted octanol–water partition coefficient (Wildman–Crippen LogP) is 3.74. The van der Waals surface area contributed by atoms with Crippen molar-refractivity contribution in [2.45, 2.75) is 38.4 Å². The van der Waals surface area contributed by atoms with Gasteiger partial charge in [0.15, 0.2) is 0 Å². The van der Waals surface area contributed by atoms with Gasteiger partial charge in [0.2, 0.25) is 0 Å². The van der Waals surface area contributed by atoms with Gasteiger partial charge in [-0.1, -0.05) is 12.8 Å². The predicted molar refractivity (Wildman–Crippen MR) is 84.9 cm³/mol. The minimum absolute atomic E-state index is 0.418. The average molecular weight is 286 g/mol. The zero-order chi connectivity index (χ0) is 14.7. The second kappa shape index (κ2) is 6.31. The van der Waals surface area contributed by atoms with Crippen LogP contribution in [0.3, 0.4) is 0 Å². The van der Waals surface area contributed by atoms with E-state index in [4.69, 9.17) is 9.47 Å². The van der Waals surface area contributed by atoms with Crippen molar-refractivity contribution in [3.8, 4) is 5.75 Å². The first kappa shape index (κ1) is 14.1. The Morgan fingerprint density at radius 1 is 1.24 bits per heavy atom. The number of hydrogen-bond donors (Lipinski definition) is 1. The highest BCUT2D eigenvalue weighted by atomic mass is 16.5. The second-order valence-electron chi connectivity index (χ2n) is 5.52. The van der Waals surface area contributed by atoms with Crippen molar-refractivity contribution in [3.63, 3.8) is 0 Å². The van der Waals surface area contributed by atoms with Gasteiger partial charge in [-0.25, -0.2) is 4.98 Å². The molecule has 0 radical (unpaired) electrons. The molecule has 0 atom stereocenters. The summed E-state index contributed by atoms with van der Waals surface area (Å²) in [4.78, 5) is 4.68. The molecule has 1 heterocycles. The molecule has 1 fully saturated rings. The van der Waals surface area contributed by atoms with Crippen LogP contribution < -0.4 is 10.1 Å². The lowest BCUT2D eigenvalue weighted by atomic mass is 10.1. The molecule has 1 aliphatic carbocycles. The molecule has 1 aromatic heterocycles. The third-order valence-corrected chi connectivity index (χ3v) is 4.12. The number of nitrogens with one attached hydrogen (secondary N) is 1. The molecule has 0 spiro atoms. The Hall–Kier alpha value is -1.81. The molecule has 1 saturated carbocycles. The number of rotatable bonds is 5. The zero-order valence-electron chi connectivity index (χ0n) is 12.7. The van der Waals surface area contributed by atoms with E-state index in [1.807, 2.05) is 25.2 Å². The van der Waals surface area contributed by atoms with Gasteiger partial charge in [0.05, 0.1) is 25.3 Å². The molecule has 0 aliphatic heterocycles. The number of aromatic nitrogens is 1. The molecule has 0 saturated heterocycles. The summed E-state index contributed by atoms with van der Waals surface area (Å²) in [6, 6.07) is 8.12. The lowest BCUT2D eigenvalue weighted by molar-refractivity contribution is 0.0459. The van der Waals surface area contributed by atoms with E-state index >= 15 is 0 Å². The highest BCUT2D eigenvalue weighted by Gasteiger charge is 2.16. The van der Waals surface area contributed by atoms with Crippen LogP contribution in [0.5, 0.6) is 5.75 Å². The van der Waals surface area contributed by atoms with Gasteiger partial charge >= 0.3 is 0 Å². The molecular weight excluding hydrogens is 264 g/mol. The normalized spacial score (nSPS) is 15.5. The van der Waals surface area contributed by atoms with E-state index in [0.29, 0.717) is 12.7 Å². The molecule has 21 heavy (non-hydrogen) atoms. The average Bonchev–Trinajstić information content (AvgIpc) is 3.04. The Balaban J connectivity index is 1.86. The van der Waals surface area contributed by atoms with Crippen LogP contribution in [-0.4, -0.2) is 25.2 Å². The third kappa shape index (κ3) is 3.10. The van der Waals surface area contributed by atoms with Crippen LogP contribution >= 0.6 is 0 Å². The number of nitrogens with zero attached hydrogens (tertiary/aromatic N) is 1. The Labute approximate surface area is 125 Å². The molecule has 0 amide bonds. The van der Waals surface area contributed by atoms with E-state index in [1.165, 1.54) is 25.7 Å². The number of ether oxygens (including phenoxy) is 2. The summed E-state index contributed by atoms with van der Waals surface area (Å²) in [5.41, 5.74) is 2.05. The number of fused-ring (bicyclic) bond motifs is 1. The molecule has 1 N–H and O–H groups in total. The van der Waals surface area contributed by atoms with E-state index < -0.39 is 0 Å². The summed E-state index contributed by atoms with van der Waals surface area (Å²) >= 11 is 0. The van der Waals surface area contributed by atoms with Crippen LogP contribution in [0.4, 0.5) is 5.82 Å². The molecule has 0 unspecified atom stereocenters. The van der Waals surface area contributed by atoms with Gasteiger partial charge in [-0.05, 0) is 31.0 Å². The van der Waals surface area contributed by atoms with E-state index in [9.17, 15) is 0 Å². The van der Waals surface area contributed by atoms with Crippen LogP contribution in [-0.2, 0) is 11.3 Å². The van der Waals surface area contributed by atoms with E-state index in [2.05, 4.69) is 16.4 Å². The lowest BCUT2D eigenvalue weighted by Crippen LogP contribution is -2.09. The molecule has 112 valence electrons. The topological polar surface area (TPSA) is 43.4 Å². The van der Waals surface area contributed by atoms with Gasteiger partial charge in [0.1, 0.15) is 11.6 Å². The van der Waals surface area contributed by atoms with Crippen LogP contribution in [0, 0.1) is 0 Å². The van der Waals surface area contributed by atoms with Gasteiger partial charge in [-0.3, -0.25) is 0 Å². The number of benzene rings is 1. The molecule has 4 heteroatoms. The van der Waals surface area contributed by atoms with Gasteiger partial charge in [0.25, 0.3) is 0 Å². The van der Waals surface area contributed by atoms with Crippen LogP contribution in [0.2, 0.25) is 0 Å². The van der Waals surface area contributed by atoms with Crippen molar-refractivity contribution in [2.75, 3.05) is 19.5 Å². The Morgan fingerprint density at radius 2 is 2.05 bits per heavy atom. The minimum atomic E-state index is 0.418. The molecular formula is C17H22N2O2. The Morgan fingerprint density at radius 3 is 2.76 bits per heavy atom. The van der Waals surface area contributed by atoms with Gasteiger partial charge in [-0.2, -0.15) is 0 Å². The fraction of sp³-hybridized carbons (Fsp3) is 0.471. The molecule has 4 nitrogen and oxygen atoms in total. The Bertz CT molecular complexity index is 621. The summed E-state index contributed by atoms with van der Waals surface area (Å²) in [5.74, 6) is 1.71. The van der Waals surface area contributed by atoms with Crippen molar-refractivity contribution in [1.29, 1.82) is 0 Å². The molecule has 0 bridgehead atoms. The van der Waals surface area contributed by atoms with Crippen molar-refractivity contribution in [1.82, 2.24) is 4.98 Å². The van der Waals surface area contributed by atoms with Gasteiger partial charge in [-0.15, -0.1) is 0 Å². The number of anilines is 1. The fourth-order valence-electron chi connectivity index (χ4n) is 2.91. The maximum Gasteiger partial charge on any atom is 0.131 e. The summed E-state index contributed by atoms with van der Waals surface area (Å²) in [5, 5.41) is 4.28. The van der Waals surface area contributed by atoms with Crippen LogP contribution in [0.25, 0.3) is 10.9 Å². The summed E-state index contributed by atoms with van der Waals surface area (Å²) in [7, 11) is 3.57. The lowest BCUT2D eigenvalue weighted by Gasteiger charge is -2.14. The number of methoxy groups -OCH3 is 1. The number of pyridine rings is 1. The number of hydrogen-bond acceptors (Lipinski definition) is 4. The fourth-order valence-corrected chi connectivity index (χ4v) is 2.91. The first-order valence-electron chi connectivity index (χ1n) is 7.57. The first-order valence-corrected chi connectivity index (χ1v) is 7.57. The van der Waals surface area contributed by atoms with E-state index in [0.717, 1.165) is 28.0 Å². The van der Waals surface area contributed by atoms with Gasteiger partial charge in [0, 0.05) is 24.1 Å². The van der Waals surface area contributed by atoms with E-state index in [-0.39, 0.29) is 0 Å². The van der Waals surface area contributed by atoms with Crippen LogP contribution in [0.15, 0.2) is 24.3 Å². The smallest absolute Gasteiger partial charge is 0.131 e. The standard InChI is InChI=1S/C17H22N2O2/c1-18-17-13(11-21-14-5-3-4-6-14)9-12-7-8-15(20-2)10-16(12)19-17/h7-10,14H,3-6,11H2,1-2H3,(H,18,19). The molecule has 1 aromatic carbocycles. The van der Waals surface area contributed by atoms with Gasteiger partial charge < -0.3 is 14.8 Å². The van der Waals surface area contributed by atoms with Crippen molar-refractivity contribution in [3.05, 3.63) is 29.8 Å². The molecule has 3 rings (SSSR count). The summed E-state index contributed by atoms with van der Waals surface area (Å²) in [6.45, 7) is 0.621. The third-order valence-electron chi connectivity index (χ3n) is 4.12. The minimum Gasteiger partial charge on any atom is -0.497 e. The monoisotopic (exact) mass is 286 g/mol. The maximum absolute atomic E-state index is 6.02. The first-order chi connectivity index (χ1) is 10.3. The Kier molecular flexibility index (Phi) is 4.25. The maximum atomic E-state index is 6.02. The largest absolute Gasteiger partial charge is 0.497 e.